The summed E-state index contributed by atoms with van der Waals surface area (Å²) in [7, 11) is -17.0. The Morgan fingerprint density at radius 1 is 1.23 bits per heavy atom. The van der Waals surface area contributed by atoms with Gasteiger partial charge in [-0.1, -0.05) is 5.11 Å². The molecule has 3 heterocycles. The molecule has 40 heavy (non-hydrogen) atoms. The van der Waals surface area contributed by atoms with Crippen molar-refractivity contribution in [1.29, 1.82) is 0 Å². The number of rotatable bonds is 12. The number of aromatic nitrogens is 2. The van der Waals surface area contributed by atoms with Crippen molar-refractivity contribution in [3.05, 3.63) is 66.7 Å². The van der Waals surface area contributed by atoms with Crippen LogP contribution in [0.25, 0.3) is 10.4 Å². The normalized spacial score (nSPS) is 22.2. The predicted octanol–water partition coefficient (Wildman–Crippen LogP) is 1.10. The summed E-state index contributed by atoms with van der Waals surface area (Å²) in [5.41, 5.74) is 7.16. The van der Waals surface area contributed by atoms with Crippen molar-refractivity contribution in [3.8, 4) is 0 Å². The molecule has 1 fully saturated rings. The lowest BCUT2D eigenvalue weighted by Gasteiger charge is -2.21. The second kappa shape index (κ2) is 12.3. The maximum Gasteiger partial charge on any atom is 0.490 e. The smallest absolute Gasteiger partial charge is 0.457 e. The van der Waals surface area contributed by atoms with E-state index in [-0.39, 0.29) is 29.9 Å². The third kappa shape index (κ3) is 8.55. The quantitative estimate of drug-likeness (QED) is 0.0720. The Bertz CT molecular complexity index is 1570. The fourth-order valence-corrected chi connectivity index (χ4v) is 6.38. The molecule has 5 atom stereocenters. The maximum atomic E-state index is 12.8. The van der Waals surface area contributed by atoms with Crippen LogP contribution in [0.2, 0.25) is 0 Å². The van der Waals surface area contributed by atoms with Crippen molar-refractivity contribution in [1.82, 2.24) is 9.55 Å². The molecule has 2 aromatic heterocycles. The minimum atomic E-state index is -5.81. The molecule has 0 spiro atoms. The number of hydrogen-bond donors (Lipinski definition) is 5. The van der Waals surface area contributed by atoms with Gasteiger partial charge in [0.1, 0.15) is 18.4 Å². The molecule has 0 amide bonds. The third-order valence-corrected chi connectivity index (χ3v) is 8.75. The number of aromatic amines is 1. The molecule has 24 heteroatoms. The lowest BCUT2D eigenvalue weighted by molar-refractivity contribution is -0.0518. The summed E-state index contributed by atoms with van der Waals surface area (Å²) in [5, 5.41) is 3.31. The summed E-state index contributed by atoms with van der Waals surface area (Å²) >= 11 is 0. The molecule has 21 nitrogen and oxygen atoms in total. The standard InChI is InChI=1S/C16H20N5O16P3/c1-8-6-21(16(24)19-14(8)22)12-4-10(35-15(23)13-9(2-3-32-13)5-18-20-17)11(34-12)7-33-39(28,29)37-40(30,31)36-38(25,26)27/h2-3,6,10-12H,4-5,7H2,1H3,(H,28,29)(H,30,31)(H,19,22,24)(H2,25,26,27)/t10-,11-,12-/m1/s1. The molecule has 5 N–H and O–H groups in total. The number of esters is 1. The van der Waals surface area contributed by atoms with Gasteiger partial charge in [-0.3, -0.25) is 18.9 Å². The van der Waals surface area contributed by atoms with Crippen LogP contribution < -0.4 is 11.2 Å². The van der Waals surface area contributed by atoms with Gasteiger partial charge in [0.25, 0.3) is 5.56 Å². The molecule has 0 bridgehead atoms. The lowest BCUT2D eigenvalue weighted by Crippen LogP contribution is -2.33. The Hall–Kier alpha value is -2.89. The minimum absolute atomic E-state index is 0.103. The van der Waals surface area contributed by atoms with Gasteiger partial charge in [0, 0.05) is 28.7 Å². The van der Waals surface area contributed by atoms with E-state index in [2.05, 4.69) is 23.2 Å². The number of ether oxygens (including phenoxy) is 2. The van der Waals surface area contributed by atoms with E-state index in [1.54, 1.807) is 0 Å². The van der Waals surface area contributed by atoms with E-state index >= 15 is 0 Å². The highest BCUT2D eigenvalue weighted by Gasteiger charge is 2.44. The summed E-state index contributed by atoms with van der Waals surface area (Å²) in [6.45, 7) is 0.0952. The second-order valence-electron chi connectivity index (χ2n) is 7.84. The van der Waals surface area contributed by atoms with E-state index in [1.807, 2.05) is 4.98 Å². The molecule has 2 aromatic rings. The predicted molar refractivity (Wildman–Crippen MR) is 125 cm³/mol. The van der Waals surface area contributed by atoms with Gasteiger partial charge in [0.05, 0.1) is 19.4 Å². The highest BCUT2D eigenvalue weighted by Crippen LogP contribution is 2.66. The molecular formula is C16H20N5O16P3. The first-order valence-electron chi connectivity index (χ1n) is 10.5. The van der Waals surface area contributed by atoms with Crippen LogP contribution in [0.5, 0.6) is 0 Å². The van der Waals surface area contributed by atoms with Crippen molar-refractivity contribution in [3.63, 3.8) is 0 Å². The van der Waals surface area contributed by atoms with Gasteiger partial charge < -0.3 is 33.5 Å². The van der Waals surface area contributed by atoms with Crippen molar-refractivity contribution in [2.24, 2.45) is 5.11 Å². The summed E-state index contributed by atoms with van der Waals surface area (Å²) < 4.78 is 63.4. The number of carbonyl (C=O) groups excluding carboxylic acids is 1. The second-order valence-corrected chi connectivity index (χ2v) is 12.3. The first-order chi connectivity index (χ1) is 18.5. The molecule has 0 radical (unpaired) electrons. The summed E-state index contributed by atoms with van der Waals surface area (Å²) in [5.74, 6) is -1.46. The van der Waals surface area contributed by atoms with E-state index in [0.29, 0.717) is 0 Å². The monoisotopic (exact) mass is 631 g/mol. The van der Waals surface area contributed by atoms with E-state index < -0.39 is 65.7 Å². The van der Waals surface area contributed by atoms with Crippen LogP contribution in [0.1, 0.15) is 34.3 Å². The molecule has 0 aromatic carbocycles. The van der Waals surface area contributed by atoms with E-state index in [1.165, 1.54) is 13.0 Å². The number of nitrogens with zero attached hydrogens (tertiary/aromatic N) is 4. The van der Waals surface area contributed by atoms with Crippen LogP contribution in [-0.2, 0) is 42.9 Å². The summed E-state index contributed by atoms with van der Waals surface area (Å²) in [6.07, 6.45) is -2.12. The van der Waals surface area contributed by atoms with Gasteiger partial charge in [0.2, 0.25) is 5.76 Å². The minimum Gasteiger partial charge on any atom is -0.457 e. The van der Waals surface area contributed by atoms with Crippen molar-refractivity contribution >= 4 is 29.4 Å². The molecule has 1 saturated heterocycles. The summed E-state index contributed by atoms with van der Waals surface area (Å²) in [6, 6.07) is 1.33. The summed E-state index contributed by atoms with van der Waals surface area (Å²) in [4.78, 5) is 77.8. The topological polar surface area (TPSA) is 312 Å². The van der Waals surface area contributed by atoms with Crippen molar-refractivity contribution in [2.75, 3.05) is 6.61 Å². The van der Waals surface area contributed by atoms with Gasteiger partial charge in [-0.15, -0.1) is 0 Å². The molecule has 2 unspecified atom stereocenters. The molecule has 0 saturated carbocycles. The Labute approximate surface area is 221 Å². The van der Waals surface area contributed by atoms with E-state index in [0.717, 1.165) is 17.0 Å². The van der Waals surface area contributed by atoms with E-state index in [4.69, 9.17) is 29.2 Å². The molecule has 1 aliphatic heterocycles. The highest BCUT2D eigenvalue weighted by atomic mass is 31.3. The number of phosphoric ester groups is 1. The Morgan fingerprint density at radius 2 is 1.93 bits per heavy atom. The fraction of sp³-hybridized carbons (Fsp3) is 0.438. The van der Waals surface area contributed by atoms with Gasteiger partial charge in [0.15, 0.2) is 0 Å². The molecule has 220 valence electrons. The number of carbonyl (C=O) groups is 1. The first kappa shape index (κ1) is 31.6. The average Bonchev–Trinajstić information content (AvgIpc) is 3.43. The number of furan rings is 1. The number of aryl methyl sites for hydroxylation is 1. The SMILES string of the molecule is Cc1cn([C@H]2C[C@@H](OC(=O)c3occc3CN=[N+]=[N-])[C@@H](COP(=O)(O)OP(=O)(O)OP(=O)(O)O)O2)c(=O)[nH]c1=O. The Balaban J connectivity index is 1.83. The number of nitrogens with one attached hydrogen (secondary N) is 1. The zero-order chi connectivity index (χ0) is 29.9. The van der Waals surface area contributed by atoms with Crippen LogP contribution in [0.4, 0.5) is 0 Å². The maximum absolute atomic E-state index is 12.8. The lowest BCUT2D eigenvalue weighted by atomic mass is 10.2. The van der Waals surface area contributed by atoms with E-state index in [9.17, 15) is 37.9 Å². The number of phosphoric acid groups is 3. The third-order valence-electron chi connectivity index (χ3n) is 4.95. The fourth-order valence-electron chi connectivity index (χ4n) is 3.35. The van der Waals surface area contributed by atoms with Gasteiger partial charge in [-0.25, -0.2) is 23.3 Å². The van der Waals surface area contributed by atoms with Crippen LogP contribution >= 0.6 is 23.5 Å². The molecule has 1 aliphatic rings. The van der Waals surface area contributed by atoms with Gasteiger partial charge >= 0.3 is 35.1 Å². The van der Waals surface area contributed by atoms with Crippen LogP contribution in [-0.4, -0.2) is 53.9 Å². The number of hydrogen-bond acceptors (Lipinski definition) is 13. The van der Waals surface area contributed by atoms with Crippen molar-refractivity contribution in [2.45, 2.75) is 38.3 Å². The average molecular weight is 631 g/mol. The van der Waals surface area contributed by atoms with Gasteiger partial charge in [-0.2, -0.15) is 8.62 Å². The molecule has 3 rings (SSSR count). The van der Waals surface area contributed by atoms with Crippen LogP contribution in [0, 0.1) is 6.92 Å². The Morgan fingerprint density at radius 3 is 2.58 bits per heavy atom. The van der Waals surface area contributed by atoms with Crippen molar-refractivity contribution < 1.29 is 65.1 Å². The zero-order valence-corrected chi connectivity index (χ0v) is 22.6. The number of azide groups is 1. The number of H-pyrrole nitrogens is 1. The van der Waals surface area contributed by atoms with Crippen LogP contribution in [0.3, 0.4) is 0 Å². The Kier molecular flexibility index (Phi) is 9.74. The van der Waals surface area contributed by atoms with Gasteiger partial charge in [-0.05, 0) is 18.5 Å². The molecular weight excluding hydrogens is 611 g/mol. The van der Waals surface area contributed by atoms with Crippen LogP contribution in [0.15, 0.2) is 37.6 Å². The first-order valence-corrected chi connectivity index (χ1v) is 15.1. The molecule has 0 aliphatic carbocycles. The zero-order valence-electron chi connectivity index (χ0n) is 19.9. The highest BCUT2D eigenvalue weighted by molar-refractivity contribution is 7.66. The largest absolute Gasteiger partial charge is 0.490 e.